The molecule has 122 valence electrons. The van der Waals surface area contributed by atoms with E-state index in [2.05, 4.69) is 34.4 Å². The second-order valence-electron chi connectivity index (χ2n) is 5.48. The van der Waals surface area contributed by atoms with E-state index in [1.165, 1.54) is 18.5 Å². The Hall–Kier alpha value is -2.57. The van der Waals surface area contributed by atoms with E-state index >= 15 is 0 Å². The van der Waals surface area contributed by atoms with Crippen molar-refractivity contribution in [1.29, 1.82) is 0 Å². The van der Waals surface area contributed by atoms with Crippen LogP contribution in [0.5, 0.6) is 0 Å². The van der Waals surface area contributed by atoms with Crippen LogP contribution in [0.3, 0.4) is 0 Å². The molecule has 2 N–H and O–H groups in total. The van der Waals surface area contributed by atoms with Crippen LogP contribution in [0.4, 0.5) is 20.3 Å². The molecule has 0 unspecified atom stereocenters. The minimum absolute atomic E-state index is 0.0872. The first-order valence-electron chi connectivity index (χ1n) is 7.28. The van der Waals surface area contributed by atoms with Gasteiger partial charge in [0, 0.05) is 18.3 Å². The van der Waals surface area contributed by atoms with Crippen molar-refractivity contribution in [3.05, 3.63) is 47.9 Å². The van der Waals surface area contributed by atoms with E-state index in [0.29, 0.717) is 11.7 Å². The van der Waals surface area contributed by atoms with Crippen LogP contribution >= 0.6 is 0 Å². The van der Waals surface area contributed by atoms with Crippen molar-refractivity contribution >= 4 is 17.4 Å². The van der Waals surface area contributed by atoms with Crippen molar-refractivity contribution in [1.82, 2.24) is 9.97 Å². The number of hydrogen-bond acceptors (Lipinski definition) is 4. The van der Waals surface area contributed by atoms with Crippen molar-refractivity contribution in [2.75, 3.05) is 17.2 Å². The second kappa shape index (κ2) is 7.62. The van der Waals surface area contributed by atoms with Crippen LogP contribution in [-0.2, 0) is 0 Å². The fourth-order valence-electron chi connectivity index (χ4n) is 1.79. The Balaban J connectivity index is 1.95. The third kappa shape index (κ3) is 4.98. The zero-order valence-corrected chi connectivity index (χ0v) is 12.9. The molecule has 23 heavy (non-hydrogen) atoms. The van der Waals surface area contributed by atoms with Crippen LogP contribution in [0.15, 0.2) is 30.6 Å². The number of carbonyl (C=O) groups is 1. The molecule has 0 atom stereocenters. The van der Waals surface area contributed by atoms with Gasteiger partial charge in [0.2, 0.25) is 0 Å². The summed E-state index contributed by atoms with van der Waals surface area (Å²) in [6.07, 6.45) is 3.79. The van der Waals surface area contributed by atoms with Crippen LogP contribution in [0, 0.1) is 17.6 Å². The lowest BCUT2D eigenvalue weighted by molar-refractivity contribution is 0.102. The van der Waals surface area contributed by atoms with Crippen LogP contribution in [-0.4, -0.2) is 22.4 Å². The van der Waals surface area contributed by atoms with Crippen molar-refractivity contribution in [3.8, 4) is 0 Å². The van der Waals surface area contributed by atoms with Gasteiger partial charge >= 0.3 is 0 Å². The molecule has 2 aromatic rings. The quantitative estimate of drug-likeness (QED) is 0.855. The van der Waals surface area contributed by atoms with Gasteiger partial charge in [-0.1, -0.05) is 13.8 Å². The third-order valence-electron chi connectivity index (χ3n) is 3.09. The van der Waals surface area contributed by atoms with Crippen LogP contribution in [0.2, 0.25) is 0 Å². The number of halogens is 2. The number of nitrogens with one attached hydrogen (secondary N) is 2. The number of anilines is 2. The van der Waals surface area contributed by atoms with Crippen LogP contribution in [0.25, 0.3) is 0 Å². The maximum absolute atomic E-state index is 13.1. The number of aromatic nitrogens is 2. The van der Waals surface area contributed by atoms with Crippen LogP contribution < -0.4 is 10.6 Å². The Kier molecular flexibility index (Phi) is 5.56. The molecule has 5 nitrogen and oxygen atoms in total. The van der Waals surface area contributed by atoms with Crippen molar-refractivity contribution < 1.29 is 13.6 Å². The van der Waals surface area contributed by atoms with Gasteiger partial charge in [-0.2, -0.15) is 0 Å². The summed E-state index contributed by atoms with van der Waals surface area (Å²) in [6, 6.07) is 3.12. The normalized spacial score (nSPS) is 10.7. The minimum atomic E-state index is -1.03. The molecule has 0 spiro atoms. The van der Waals surface area contributed by atoms with Gasteiger partial charge in [0.05, 0.1) is 12.4 Å². The van der Waals surface area contributed by atoms with Gasteiger partial charge < -0.3 is 10.6 Å². The molecule has 0 aliphatic heterocycles. The Morgan fingerprint density at radius 2 is 1.96 bits per heavy atom. The molecule has 0 fully saturated rings. The van der Waals surface area contributed by atoms with Gasteiger partial charge in [-0.25, -0.2) is 18.7 Å². The molecule has 7 heteroatoms. The van der Waals surface area contributed by atoms with E-state index in [-0.39, 0.29) is 11.4 Å². The fourth-order valence-corrected chi connectivity index (χ4v) is 1.79. The largest absolute Gasteiger partial charge is 0.369 e. The maximum atomic E-state index is 13.1. The maximum Gasteiger partial charge on any atom is 0.275 e. The number of carbonyl (C=O) groups excluding carboxylic acids is 1. The first kappa shape index (κ1) is 16.8. The molecule has 0 saturated carbocycles. The predicted octanol–water partition coefficient (Wildman–Crippen LogP) is 3.47. The molecule has 1 aromatic heterocycles. The van der Waals surface area contributed by atoms with E-state index in [1.54, 1.807) is 0 Å². The molecule has 0 radical (unpaired) electrons. The summed E-state index contributed by atoms with van der Waals surface area (Å²) in [7, 11) is 0. The number of hydrogen-bond donors (Lipinski definition) is 2. The molecule has 0 aliphatic rings. The number of nitrogens with zero attached hydrogens (tertiary/aromatic N) is 2. The summed E-state index contributed by atoms with van der Waals surface area (Å²) in [5, 5.41) is 5.54. The van der Waals surface area contributed by atoms with Gasteiger partial charge in [0.15, 0.2) is 11.6 Å². The lowest BCUT2D eigenvalue weighted by Gasteiger charge is -2.08. The Labute approximate surface area is 133 Å². The van der Waals surface area contributed by atoms with Crippen molar-refractivity contribution in [2.24, 2.45) is 5.92 Å². The monoisotopic (exact) mass is 320 g/mol. The average molecular weight is 320 g/mol. The van der Waals surface area contributed by atoms with E-state index in [4.69, 9.17) is 0 Å². The van der Waals surface area contributed by atoms with Gasteiger partial charge in [-0.05, 0) is 24.5 Å². The number of benzene rings is 1. The van der Waals surface area contributed by atoms with Gasteiger partial charge in [-0.15, -0.1) is 0 Å². The molecule has 2 rings (SSSR count). The first-order valence-corrected chi connectivity index (χ1v) is 7.28. The lowest BCUT2D eigenvalue weighted by atomic mass is 10.1. The molecule has 0 bridgehead atoms. The van der Waals surface area contributed by atoms with E-state index in [9.17, 15) is 13.6 Å². The minimum Gasteiger partial charge on any atom is -0.369 e. The van der Waals surface area contributed by atoms with Crippen LogP contribution in [0.1, 0.15) is 30.8 Å². The highest BCUT2D eigenvalue weighted by atomic mass is 19.2. The van der Waals surface area contributed by atoms with Gasteiger partial charge in [0.25, 0.3) is 5.91 Å². The zero-order valence-electron chi connectivity index (χ0n) is 12.9. The third-order valence-corrected chi connectivity index (χ3v) is 3.09. The predicted molar refractivity (Wildman–Crippen MR) is 84.3 cm³/mol. The summed E-state index contributed by atoms with van der Waals surface area (Å²) < 4.78 is 25.9. The van der Waals surface area contributed by atoms with E-state index in [1.807, 2.05) is 0 Å². The number of amides is 1. The summed E-state index contributed by atoms with van der Waals surface area (Å²) >= 11 is 0. The Morgan fingerprint density at radius 1 is 1.17 bits per heavy atom. The van der Waals surface area contributed by atoms with E-state index < -0.39 is 17.5 Å². The van der Waals surface area contributed by atoms with Crippen molar-refractivity contribution in [2.45, 2.75) is 20.3 Å². The Bertz CT molecular complexity index is 674. The summed E-state index contributed by atoms with van der Waals surface area (Å²) in [5.74, 6) is -1.39. The standard InChI is InChI=1S/C16H18F2N4O/c1-10(2)5-6-19-15-9-20-14(8-21-15)16(23)22-11-3-4-12(17)13(18)7-11/h3-4,7-10H,5-6H2,1-2H3,(H,19,21)(H,22,23). The molecular weight excluding hydrogens is 302 g/mol. The SMILES string of the molecule is CC(C)CCNc1cnc(C(=O)Nc2ccc(F)c(F)c2)cn1. The smallest absolute Gasteiger partial charge is 0.275 e. The highest BCUT2D eigenvalue weighted by Gasteiger charge is 2.10. The van der Waals surface area contributed by atoms with E-state index in [0.717, 1.165) is 25.1 Å². The highest BCUT2D eigenvalue weighted by molar-refractivity contribution is 6.02. The summed E-state index contributed by atoms with van der Waals surface area (Å²) in [4.78, 5) is 20.1. The highest BCUT2D eigenvalue weighted by Crippen LogP contribution is 2.14. The number of rotatable bonds is 6. The molecular formula is C16H18F2N4O. The Morgan fingerprint density at radius 3 is 2.57 bits per heavy atom. The van der Waals surface area contributed by atoms with Gasteiger partial charge in [0.1, 0.15) is 11.5 Å². The summed E-state index contributed by atoms with van der Waals surface area (Å²) in [6.45, 7) is 5.02. The first-order chi connectivity index (χ1) is 11.0. The summed E-state index contributed by atoms with van der Waals surface area (Å²) in [5.41, 5.74) is 0.235. The lowest BCUT2D eigenvalue weighted by Crippen LogP contribution is -2.15. The zero-order chi connectivity index (χ0) is 16.8. The topological polar surface area (TPSA) is 66.9 Å². The molecule has 1 amide bonds. The molecule has 0 saturated heterocycles. The van der Waals surface area contributed by atoms with Crippen molar-refractivity contribution in [3.63, 3.8) is 0 Å². The average Bonchev–Trinajstić information content (AvgIpc) is 2.51. The van der Waals surface area contributed by atoms with Gasteiger partial charge in [-0.3, -0.25) is 4.79 Å². The fraction of sp³-hybridized carbons (Fsp3) is 0.312. The molecule has 1 aromatic carbocycles. The molecule has 1 heterocycles. The second-order valence-corrected chi connectivity index (χ2v) is 5.48. The molecule has 0 aliphatic carbocycles.